The molecule has 4 rings (SSSR count). The van der Waals surface area contributed by atoms with Crippen LogP contribution in [0.4, 0.5) is 13.2 Å². The minimum atomic E-state index is -4.48. The molecule has 0 aliphatic rings. The van der Waals surface area contributed by atoms with Gasteiger partial charge in [-0.15, -0.1) is 0 Å². The Bertz CT molecular complexity index is 1690. The Balaban J connectivity index is 1.55. The molecule has 11 heteroatoms. The summed E-state index contributed by atoms with van der Waals surface area (Å²) in [6.45, 7) is 5.91. The van der Waals surface area contributed by atoms with Crippen molar-refractivity contribution in [3.05, 3.63) is 113 Å². The van der Waals surface area contributed by atoms with E-state index in [2.05, 4.69) is 41.2 Å². The Kier molecular flexibility index (Phi) is 13.0. The number of pyridine rings is 1. The number of aryl methyl sites for hydroxylation is 1. The van der Waals surface area contributed by atoms with Gasteiger partial charge in [0.05, 0.1) is 44.3 Å². The predicted molar refractivity (Wildman–Crippen MR) is 186 cm³/mol. The van der Waals surface area contributed by atoms with Gasteiger partial charge in [-0.3, -0.25) is 9.59 Å². The molecule has 0 unspecified atom stereocenters. The van der Waals surface area contributed by atoms with Crippen molar-refractivity contribution in [3.8, 4) is 0 Å². The Labute approximate surface area is 286 Å². The molecule has 0 fully saturated rings. The van der Waals surface area contributed by atoms with Gasteiger partial charge in [0, 0.05) is 42.1 Å². The predicted octanol–water partition coefficient (Wildman–Crippen LogP) is 3.81. The number of hydrogen-bond donors (Lipinski definition) is 4. The lowest BCUT2D eigenvalue weighted by molar-refractivity contribution is -0.907. The number of carbonyl (C=O) groups is 2. The Morgan fingerprint density at radius 2 is 1.51 bits per heavy atom. The number of nitrogens with one attached hydrogen (secondary N) is 1. The lowest BCUT2D eigenvalue weighted by atomic mass is 9.96. The number of aromatic nitrogens is 1. The number of likely N-dealkylation sites (N-methyl/N-ethyl adjacent to an activating group) is 1. The van der Waals surface area contributed by atoms with Crippen LogP contribution in [0.2, 0.25) is 0 Å². The van der Waals surface area contributed by atoms with E-state index in [4.69, 9.17) is 17.2 Å². The van der Waals surface area contributed by atoms with Crippen LogP contribution in [0.1, 0.15) is 40.7 Å². The maximum absolute atomic E-state index is 14.0. The maximum atomic E-state index is 14.0. The monoisotopic (exact) mass is 678 g/mol. The van der Waals surface area contributed by atoms with E-state index in [0.29, 0.717) is 42.5 Å². The van der Waals surface area contributed by atoms with Crippen molar-refractivity contribution in [2.24, 2.45) is 17.2 Å². The van der Waals surface area contributed by atoms with Crippen LogP contribution in [0, 0.1) is 6.92 Å². The second-order valence-electron chi connectivity index (χ2n) is 13.2. The second kappa shape index (κ2) is 17.0. The number of halogens is 3. The van der Waals surface area contributed by atoms with Gasteiger partial charge >= 0.3 is 6.18 Å². The van der Waals surface area contributed by atoms with E-state index in [1.165, 1.54) is 12.1 Å². The number of nitrogens with zero attached hydrogens (tertiary/aromatic N) is 2. The lowest BCUT2D eigenvalue weighted by Crippen LogP contribution is -2.52. The van der Waals surface area contributed by atoms with Crippen molar-refractivity contribution in [2.75, 3.05) is 39.8 Å². The average Bonchev–Trinajstić information content (AvgIpc) is 3.05. The van der Waals surface area contributed by atoms with Crippen molar-refractivity contribution in [1.82, 2.24) is 5.32 Å². The molecule has 0 saturated carbocycles. The SMILES string of the molecule is Cc1ccc(C[n+]2cc(CC(=O)[C@@H](Cc3ccc(C(F)(F)F)cc3)NC(=O)[C@@H](N)CCC[N+](C)(CCN)CCN)cc3ccccc32)cc1. The summed E-state index contributed by atoms with van der Waals surface area (Å²) in [5.41, 5.74) is 21.6. The molecule has 1 aromatic heterocycles. The molecule has 7 N–H and O–H groups in total. The summed E-state index contributed by atoms with van der Waals surface area (Å²) >= 11 is 0. The van der Waals surface area contributed by atoms with Crippen molar-refractivity contribution in [2.45, 2.75) is 57.4 Å². The molecule has 8 nitrogen and oxygen atoms in total. The Morgan fingerprint density at radius 1 is 0.878 bits per heavy atom. The van der Waals surface area contributed by atoms with Crippen molar-refractivity contribution in [1.29, 1.82) is 0 Å². The lowest BCUT2D eigenvalue weighted by Gasteiger charge is -2.34. The number of Topliss-reactive ketones (excluding diaryl/α,β-unsaturated/α-hetero) is 1. The molecule has 1 amide bonds. The topological polar surface area (TPSA) is 128 Å². The average molecular weight is 679 g/mol. The first-order valence-corrected chi connectivity index (χ1v) is 16.8. The van der Waals surface area contributed by atoms with Gasteiger partial charge < -0.3 is 27.0 Å². The van der Waals surface area contributed by atoms with Crippen LogP contribution in [0.5, 0.6) is 0 Å². The standard InChI is InChI=1S/C38H48F3N6O2/c1-27-9-11-29(12-10-27)25-46-26-30(22-31-6-3-4-8-35(31)46)24-36(48)34(23-28-13-15-32(16-14-28)38(39,40)41)45-37(49)33(44)7-5-19-47(2,20-17-42)21-18-43/h3-4,6,8-16,22,26,33-34H,5,7,17-21,23-25,42-44H2,1-2H3/q+1/p+1/t33-,34+/m0/s1. The molecule has 0 spiro atoms. The Hall–Kier alpha value is -4.16. The molecule has 262 valence electrons. The fourth-order valence-corrected chi connectivity index (χ4v) is 6.19. The number of para-hydroxylation sites is 1. The highest BCUT2D eigenvalue weighted by Crippen LogP contribution is 2.29. The molecule has 0 aliphatic carbocycles. The molecular formula is C38H49F3N6O2+2. The van der Waals surface area contributed by atoms with Crippen LogP contribution in [0.15, 0.2) is 85.1 Å². The quantitative estimate of drug-likeness (QED) is 0.0998. The summed E-state index contributed by atoms with van der Waals surface area (Å²) in [6, 6.07) is 20.9. The van der Waals surface area contributed by atoms with Gasteiger partial charge in [-0.1, -0.05) is 54.1 Å². The normalized spacial score (nSPS) is 13.3. The second-order valence-corrected chi connectivity index (χ2v) is 13.2. The smallest absolute Gasteiger partial charge is 0.345 e. The number of benzene rings is 3. The molecule has 2 atom stereocenters. The van der Waals surface area contributed by atoms with Crippen LogP contribution in [0.3, 0.4) is 0 Å². The molecule has 0 aliphatic heterocycles. The first-order valence-electron chi connectivity index (χ1n) is 16.8. The van der Waals surface area contributed by atoms with Gasteiger partial charge in [0.25, 0.3) is 0 Å². The van der Waals surface area contributed by atoms with Gasteiger partial charge in [-0.2, -0.15) is 17.7 Å². The molecule has 0 saturated heterocycles. The zero-order chi connectivity index (χ0) is 35.6. The first kappa shape index (κ1) is 37.7. The minimum Gasteiger partial charge on any atom is -0.345 e. The number of rotatable bonds is 17. The third-order valence-electron chi connectivity index (χ3n) is 9.07. The number of hydrogen-bond acceptors (Lipinski definition) is 5. The van der Waals surface area contributed by atoms with Crippen LogP contribution in [-0.2, 0) is 35.2 Å². The molecule has 49 heavy (non-hydrogen) atoms. The van der Waals surface area contributed by atoms with Gasteiger partial charge in [0.15, 0.2) is 18.5 Å². The highest BCUT2D eigenvalue weighted by molar-refractivity contribution is 5.92. The van der Waals surface area contributed by atoms with E-state index < -0.39 is 29.7 Å². The van der Waals surface area contributed by atoms with Crippen molar-refractivity contribution in [3.63, 3.8) is 0 Å². The summed E-state index contributed by atoms with van der Waals surface area (Å²) in [5.74, 6) is -0.752. The van der Waals surface area contributed by atoms with Crippen LogP contribution in [-0.4, -0.2) is 68.0 Å². The van der Waals surface area contributed by atoms with E-state index in [0.717, 1.165) is 59.4 Å². The molecule has 1 heterocycles. The fraction of sp³-hybridized carbons (Fsp3) is 0.395. The summed E-state index contributed by atoms with van der Waals surface area (Å²) in [4.78, 5) is 27.3. The van der Waals surface area contributed by atoms with Crippen LogP contribution >= 0.6 is 0 Å². The highest BCUT2D eigenvalue weighted by atomic mass is 19.4. The van der Waals surface area contributed by atoms with Crippen LogP contribution in [0.25, 0.3) is 10.9 Å². The van der Waals surface area contributed by atoms with Gasteiger partial charge in [0.1, 0.15) is 0 Å². The fourth-order valence-electron chi connectivity index (χ4n) is 6.19. The number of quaternary nitrogens is 1. The first-order chi connectivity index (χ1) is 23.3. The number of alkyl halides is 3. The van der Waals surface area contributed by atoms with E-state index in [-0.39, 0.29) is 18.6 Å². The molecule has 0 bridgehead atoms. The molecule has 3 aromatic carbocycles. The maximum Gasteiger partial charge on any atom is 0.416 e. The number of nitrogens with two attached hydrogens (primary N) is 3. The minimum absolute atomic E-state index is 0.00750. The highest BCUT2D eigenvalue weighted by Gasteiger charge is 2.31. The third-order valence-corrected chi connectivity index (χ3v) is 9.07. The number of carbonyl (C=O) groups excluding carboxylic acids is 2. The van der Waals surface area contributed by atoms with Gasteiger partial charge in [-0.05, 0) is 56.0 Å². The van der Waals surface area contributed by atoms with Crippen molar-refractivity contribution >= 4 is 22.6 Å². The van der Waals surface area contributed by atoms with E-state index in [1.807, 2.05) is 43.5 Å². The summed E-state index contributed by atoms with van der Waals surface area (Å²) in [5, 5.41) is 3.80. The summed E-state index contributed by atoms with van der Waals surface area (Å²) < 4.78 is 42.5. The van der Waals surface area contributed by atoms with E-state index in [1.54, 1.807) is 0 Å². The van der Waals surface area contributed by atoms with Crippen molar-refractivity contribution < 1.29 is 31.8 Å². The van der Waals surface area contributed by atoms with Crippen LogP contribution < -0.4 is 27.1 Å². The van der Waals surface area contributed by atoms with E-state index in [9.17, 15) is 22.8 Å². The molecule has 0 radical (unpaired) electrons. The largest absolute Gasteiger partial charge is 0.416 e. The van der Waals surface area contributed by atoms with Gasteiger partial charge in [0.2, 0.25) is 11.4 Å². The zero-order valence-corrected chi connectivity index (χ0v) is 28.4. The third kappa shape index (κ3) is 10.9. The number of ketones is 1. The number of amides is 1. The molecule has 4 aromatic rings. The molecular weight excluding hydrogens is 629 g/mol. The Morgan fingerprint density at radius 3 is 2.14 bits per heavy atom. The van der Waals surface area contributed by atoms with E-state index >= 15 is 0 Å². The van der Waals surface area contributed by atoms with Gasteiger partial charge in [-0.25, -0.2) is 0 Å². The summed E-state index contributed by atoms with van der Waals surface area (Å²) in [6.07, 6.45) is -1.47. The summed E-state index contributed by atoms with van der Waals surface area (Å²) in [7, 11) is 2.07. The number of fused-ring (bicyclic) bond motifs is 1. The zero-order valence-electron chi connectivity index (χ0n) is 28.4.